The Hall–Kier alpha value is -1.45. The minimum Gasteiger partial charge on any atom is -0.496 e. The summed E-state index contributed by atoms with van der Waals surface area (Å²) in [6.07, 6.45) is 0. The zero-order valence-electron chi connectivity index (χ0n) is 11.3. The largest absolute Gasteiger partial charge is 0.496 e. The summed E-state index contributed by atoms with van der Waals surface area (Å²) in [5.41, 5.74) is 8.29. The van der Waals surface area contributed by atoms with Crippen LogP contribution in [-0.2, 0) is 5.75 Å². The molecule has 0 radical (unpaired) electrons. The van der Waals surface area contributed by atoms with Crippen molar-refractivity contribution >= 4 is 11.8 Å². The first-order valence-electron chi connectivity index (χ1n) is 6.31. The van der Waals surface area contributed by atoms with Gasteiger partial charge in [0.05, 0.1) is 7.11 Å². The molecule has 1 atom stereocenters. The molecule has 2 aromatic carbocycles. The van der Waals surface area contributed by atoms with Crippen molar-refractivity contribution in [2.75, 3.05) is 7.11 Å². The predicted molar refractivity (Wildman–Crippen MR) is 81.6 cm³/mol. The highest BCUT2D eigenvalue weighted by atomic mass is 32.2. The lowest BCUT2D eigenvalue weighted by molar-refractivity contribution is 0.411. The number of rotatable bonds is 5. The maximum Gasteiger partial charge on any atom is 0.122 e. The Kier molecular flexibility index (Phi) is 4.88. The smallest absolute Gasteiger partial charge is 0.122 e. The van der Waals surface area contributed by atoms with Crippen LogP contribution in [0.2, 0.25) is 0 Å². The third-order valence-corrected chi connectivity index (χ3v) is 4.01. The van der Waals surface area contributed by atoms with E-state index in [4.69, 9.17) is 10.5 Å². The van der Waals surface area contributed by atoms with E-state index in [1.54, 1.807) is 18.9 Å². The summed E-state index contributed by atoms with van der Waals surface area (Å²) in [4.78, 5) is 1.24. The molecule has 0 fully saturated rings. The molecule has 0 aliphatic carbocycles. The molecule has 2 rings (SSSR count). The Labute approximate surface area is 119 Å². The summed E-state index contributed by atoms with van der Waals surface area (Å²) in [6.45, 7) is 2.00. The second-order valence-electron chi connectivity index (χ2n) is 4.46. The Morgan fingerprint density at radius 2 is 1.95 bits per heavy atom. The van der Waals surface area contributed by atoms with Crippen LogP contribution in [0.25, 0.3) is 0 Å². The van der Waals surface area contributed by atoms with E-state index in [0.29, 0.717) is 0 Å². The summed E-state index contributed by atoms with van der Waals surface area (Å²) in [5, 5.41) is 0. The third kappa shape index (κ3) is 3.75. The quantitative estimate of drug-likeness (QED) is 0.836. The van der Waals surface area contributed by atoms with E-state index in [2.05, 4.69) is 30.3 Å². The highest BCUT2D eigenvalue weighted by molar-refractivity contribution is 7.98. The Morgan fingerprint density at radius 1 is 1.16 bits per heavy atom. The average molecular weight is 273 g/mol. The van der Waals surface area contributed by atoms with Crippen LogP contribution in [0.1, 0.15) is 24.1 Å². The fourth-order valence-corrected chi connectivity index (χ4v) is 2.83. The third-order valence-electron chi connectivity index (χ3n) is 2.97. The zero-order chi connectivity index (χ0) is 13.7. The lowest BCUT2D eigenvalue weighted by Crippen LogP contribution is -2.04. The van der Waals surface area contributed by atoms with Gasteiger partial charge in [0, 0.05) is 22.3 Å². The summed E-state index contributed by atoms with van der Waals surface area (Å²) in [5.74, 6) is 1.84. The fourth-order valence-electron chi connectivity index (χ4n) is 1.87. The van der Waals surface area contributed by atoms with Gasteiger partial charge in [-0.05, 0) is 30.7 Å². The summed E-state index contributed by atoms with van der Waals surface area (Å²) in [7, 11) is 1.71. The molecular formula is C16H19NOS. The van der Waals surface area contributed by atoms with Gasteiger partial charge in [-0.2, -0.15) is 0 Å². The molecular weight excluding hydrogens is 254 g/mol. The van der Waals surface area contributed by atoms with Gasteiger partial charge in [0.25, 0.3) is 0 Å². The molecule has 2 nitrogen and oxygen atoms in total. The topological polar surface area (TPSA) is 35.2 Å². The van der Waals surface area contributed by atoms with E-state index in [1.807, 2.05) is 25.1 Å². The molecule has 0 aromatic heterocycles. The first-order valence-corrected chi connectivity index (χ1v) is 7.29. The second-order valence-corrected chi connectivity index (χ2v) is 5.51. The Morgan fingerprint density at radius 3 is 2.68 bits per heavy atom. The molecule has 0 heterocycles. The van der Waals surface area contributed by atoms with Crippen molar-refractivity contribution in [3.63, 3.8) is 0 Å². The van der Waals surface area contributed by atoms with Crippen LogP contribution < -0.4 is 10.5 Å². The van der Waals surface area contributed by atoms with Gasteiger partial charge in [-0.25, -0.2) is 0 Å². The van der Waals surface area contributed by atoms with E-state index in [1.165, 1.54) is 16.0 Å². The molecule has 0 bridgehead atoms. The van der Waals surface area contributed by atoms with Gasteiger partial charge in [0.1, 0.15) is 5.75 Å². The SMILES string of the molecule is COc1ccccc1CSc1cccc(C(C)N)c1. The maximum absolute atomic E-state index is 5.91. The molecule has 0 saturated carbocycles. The van der Waals surface area contributed by atoms with Crippen molar-refractivity contribution < 1.29 is 4.74 Å². The van der Waals surface area contributed by atoms with E-state index in [9.17, 15) is 0 Å². The first-order chi connectivity index (χ1) is 9.20. The predicted octanol–water partition coefficient (Wildman–Crippen LogP) is 4.01. The minimum atomic E-state index is 0.0758. The second kappa shape index (κ2) is 6.64. The number of benzene rings is 2. The van der Waals surface area contributed by atoms with Crippen molar-refractivity contribution in [1.82, 2.24) is 0 Å². The zero-order valence-corrected chi connectivity index (χ0v) is 12.1. The van der Waals surface area contributed by atoms with E-state index >= 15 is 0 Å². The molecule has 19 heavy (non-hydrogen) atoms. The van der Waals surface area contributed by atoms with Crippen molar-refractivity contribution in [1.29, 1.82) is 0 Å². The standard InChI is InChI=1S/C16H19NOS/c1-12(17)13-7-5-8-15(10-13)19-11-14-6-3-4-9-16(14)18-2/h3-10,12H,11,17H2,1-2H3. The normalized spacial score (nSPS) is 12.2. The highest BCUT2D eigenvalue weighted by Crippen LogP contribution is 2.28. The minimum absolute atomic E-state index is 0.0758. The van der Waals surface area contributed by atoms with Gasteiger partial charge in [0.15, 0.2) is 0 Å². The van der Waals surface area contributed by atoms with Gasteiger partial charge < -0.3 is 10.5 Å². The molecule has 0 amide bonds. The lowest BCUT2D eigenvalue weighted by Gasteiger charge is -2.10. The van der Waals surface area contributed by atoms with Gasteiger partial charge in [-0.1, -0.05) is 30.3 Å². The van der Waals surface area contributed by atoms with Gasteiger partial charge in [-0.15, -0.1) is 11.8 Å². The van der Waals surface area contributed by atoms with E-state index in [-0.39, 0.29) is 6.04 Å². The fraction of sp³-hybridized carbons (Fsp3) is 0.250. The average Bonchev–Trinajstić information content (AvgIpc) is 2.45. The Bertz CT molecular complexity index is 540. The summed E-state index contributed by atoms with van der Waals surface area (Å²) >= 11 is 1.80. The van der Waals surface area contributed by atoms with Crippen LogP contribution in [-0.4, -0.2) is 7.11 Å². The van der Waals surface area contributed by atoms with E-state index in [0.717, 1.165) is 11.5 Å². The number of ether oxygens (including phenoxy) is 1. The summed E-state index contributed by atoms with van der Waals surface area (Å²) in [6, 6.07) is 16.6. The molecule has 0 aliphatic heterocycles. The molecule has 2 N–H and O–H groups in total. The van der Waals surface area contributed by atoms with Crippen LogP contribution in [0.3, 0.4) is 0 Å². The van der Waals surface area contributed by atoms with Gasteiger partial charge in [0.2, 0.25) is 0 Å². The number of hydrogen-bond donors (Lipinski definition) is 1. The molecule has 0 aliphatic rings. The van der Waals surface area contributed by atoms with Crippen molar-refractivity contribution in [3.8, 4) is 5.75 Å². The van der Waals surface area contributed by atoms with Crippen molar-refractivity contribution in [2.24, 2.45) is 5.73 Å². The number of para-hydroxylation sites is 1. The highest BCUT2D eigenvalue weighted by Gasteiger charge is 2.04. The molecule has 2 aromatic rings. The van der Waals surface area contributed by atoms with Crippen LogP contribution in [0, 0.1) is 0 Å². The monoisotopic (exact) mass is 273 g/mol. The van der Waals surface area contributed by atoms with Crippen LogP contribution in [0.4, 0.5) is 0 Å². The Balaban J connectivity index is 2.08. The van der Waals surface area contributed by atoms with Gasteiger partial charge in [-0.3, -0.25) is 0 Å². The van der Waals surface area contributed by atoms with Gasteiger partial charge >= 0.3 is 0 Å². The number of nitrogens with two attached hydrogens (primary N) is 1. The molecule has 0 spiro atoms. The maximum atomic E-state index is 5.91. The first kappa shape index (κ1) is 14.0. The van der Waals surface area contributed by atoms with Crippen molar-refractivity contribution in [2.45, 2.75) is 23.6 Å². The molecule has 3 heteroatoms. The number of methoxy groups -OCH3 is 1. The van der Waals surface area contributed by atoms with Crippen molar-refractivity contribution in [3.05, 3.63) is 59.7 Å². The van der Waals surface area contributed by atoms with Crippen LogP contribution >= 0.6 is 11.8 Å². The van der Waals surface area contributed by atoms with Crippen LogP contribution in [0.5, 0.6) is 5.75 Å². The molecule has 0 saturated heterocycles. The number of thioether (sulfide) groups is 1. The summed E-state index contributed by atoms with van der Waals surface area (Å²) < 4.78 is 5.36. The van der Waals surface area contributed by atoms with E-state index < -0.39 is 0 Å². The molecule has 100 valence electrons. The van der Waals surface area contributed by atoms with Crippen LogP contribution in [0.15, 0.2) is 53.4 Å². The molecule has 1 unspecified atom stereocenters. The lowest BCUT2D eigenvalue weighted by atomic mass is 10.1. The number of hydrogen-bond acceptors (Lipinski definition) is 3.